The van der Waals surface area contributed by atoms with Gasteiger partial charge in [0.05, 0.1) is 17.8 Å². The van der Waals surface area contributed by atoms with Crippen molar-refractivity contribution in [2.45, 2.75) is 37.6 Å². The Morgan fingerprint density at radius 3 is 2.70 bits per heavy atom. The van der Waals surface area contributed by atoms with Gasteiger partial charge in [-0.2, -0.15) is 0 Å². The van der Waals surface area contributed by atoms with Crippen molar-refractivity contribution in [1.29, 1.82) is 0 Å². The van der Waals surface area contributed by atoms with Crippen LogP contribution in [0, 0.1) is 5.92 Å². The van der Waals surface area contributed by atoms with Gasteiger partial charge in [-0.25, -0.2) is 15.0 Å². The molecule has 2 atom stereocenters. The van der Waals surface area contributed by atoms with E-state index in [0.717, 1.165) is 36.1 Å². The van der Waals surface area contributed by atoms with Crippen molar-refractivity contribution < 1.29 is 9.59 Å². The molecule has 0 aliphatic heterocycles. The van der Waals surface area contributed by atoms with Crippen LogP contribution in [-0.4, -0.2) is 38.2 Å². The van der Waals surface area contributed by atoms with Crippen LogP contribution in [-0.2, 0) is 11.3 Å². The molecule has 2 saturated carbocycles. The van der Waals surface area contributed by atoms with Crippen molar-refractivity contribution in [2.24, 2.45) is 5.92 Å². The van der Waals surface area contributed by atoms with Crippen LogP contribution in [0.1, 0.15) is 58.3 Å². The Bertz CT molecular complexity index is 1510. The Kier molecular flexibility index (Phi) is 6.00. The van der Waals surface area contributed by atoms with Crippen LogP contribution < -0.4 is 16.0 Å². The average Bonchev–Trinajstić information content (AvgIpc) is 3.83. The highest BCUT2D eigenvalue weighted by molar-refractivity contribution is 6.30. The number of aromatic nitrogens is 4. The predicted molar refractivity (Wildman–Crippen MR) is 141 cm³/mol. The molecule has 10 heteroatoms. The van der Waals surface area contributed by atoms with Crippen LogP contribution in [0.3, 0.4) is 0 Å². The average molecular weight is 516 g/mol. The third kappa shape index (κ3) is 4.99. The number of hydrogen-bond acceptors (Lipinski definition) is 6. The smallest absolute Gasteiger partial charge is 0.254 e. The first-order valence-corrected chi connectivity index (χ1v) is 12.7. The number of pyridine rings is 1. The molecule has 3 N–H and O–H groups in total. The van der Waals surface area contributed by atoms with E-state index in [-0.39, 0.29) is 23.7 Å². The molecule has 3 heterocycles. The summed E-state index contributed by atoms with van der Waals surface area (Å²) in [4.78, 5) is 38.4. The van der Waals surface area contributed by atoms with Gasteiger partial charge in [-0.3, -0.25) is 9.59 Å². The molecule has 0 bridgehead atoms. The van der Waals surface area contributed by atoms with Crippen LogP contribution in [0.15, 0.2) is 55.1 Å². The van der Waals surface area contributed by atoms with E-state index in [0.29, 0.717) is 40.3 Å². The Morgan fingerprint density at radius 2 is 1.92 bits per heavy atom. The molecular weight excluding hydrogens is 490 g/mol. The number of benzene rings is 1. The van der Waals surface area contributed by atoms with E-state index in [1.165, 1.54) is 6.33 Å². The van der Waals surface area contributed by atoms with Gasteiger partial charge in [-0.05, 0) is 60.4 Å². The lowest BCUT2D eigenvalue weighted by atomic mass is 10.1. The van der Waals surface area contributed by atoms with E-state index >= 15 is 0 Å². The lowest BCUT2D eigenvalue weighted by Crippen LogP contribution is -2.19. The maximum atomic E-state index is 12.8. The quantitative estimate of drug-likeness (QED) is 0.321. The minimum absolute atomic E-state index is 0.0665. The van der Waals surface area contributed by atoms with E-state index in [1.54, 1.807) is 13.1 Å². The lowest BCUT2D eigenvalue weighted by Gasteiger charge is -2.07. The van der Waals surface area contributed by atoms with E-state index in [4.69, 9.17) is 11.6 Å². The number of anilines is 2. The van der Waals surface area contributed by atoms with E-state index < -0.39 is 0 Å². The molecule has 3 aromatic heterocycles. The highest BCUT2D eigenvalue weighted by atomic mass is 35.5. The number of rotatable bonds is 8. The van der Waals surface area contributed by atoms with Crippen molar-refractivity contribution >= 4 is 40.7 Å². The highest BCUT2D eigenvalue weighted by Crippen LogP contribution is 2.48. The second kappa shape index (κ2) is 9.48. The third-order valence-electron chi connectivity index (χ3n) is 6.92. The molecule has 2 amide bonds. The highest BCUT2D eigenvalue weighted by Gasteiger charge is 2.44. The summed E-state index contributed by atoms with van der Waals surface area (Å²) in [5, 5.41) is 9.53. The molecule has 37 heavy (non-hydrogen) atoms. The Hall–Kier alpha value is -3.98. The zero-order valence-electron chi connectivity index (χ0n) is 20.2. The normalized spacial score (nSPS) is 18.4. The number of hydrogen-bond donors (Lipinski definition) is 3. The summed E-state index contributed by atoms with van der Waals surface area (Å²) < 4.78 is 1.92. The summed E-state index contributed by atoms with van der Waals surface area (Å²) in [6.45, 7) is 0.400. The molecular formula is C27H26ClN7O2. The first-order chi connectivity index (χ1) is 18.0. The number of carbonyl (C=O) groups excluding carboxylic acids is 2. The number of carbonyl (C=O) groups is 2. The van der Waals surface area contributed by atoms with Crippen LogP contribution >= 0.6 is 11.6 Å². The van der Waals surface area contributed by atoms with Crippen molar-refractivity contribution in [3.05, 3.63) is 82.5 Å². The van der Waals surface area contributed by atoms with Crippen molar-refractivity contribution in [3.8, 4) is 0 Å². The first kappa shape index (κ1) is 23.4. The number of halogens is 1. The SMILES string of the molecule is CNC(=O)c1cc(C2CC2)cn2cc(CNc3cc(NC(=O)[C@H]4CC4c4cccc(Cl)c4)ncn3)nc12. The Balaban J connectivity index is 1.12. The fourth-order valence-corrected chi connectivity index (χ4v) is 4.91. The number of fused-ring (bicyclic) bond motifs is 1. The standard InChI is InChI=1S/C27H26ClN7O2/c1-29-26(36)22-8-17(15-5-6-15)12-35-13-19(33-25(22)35)11-30-23-10-24(32-14-31-23)34-27(37)21-9-20(21)16-3-2-4-18(28)7-16/h2-4,7-8,10,12-15,20-21H,5-6,9,11H2,1H3,(H,29,36)(H2,30,31,32,34,37)/t20?,21-/m0/s1. The summed E-state index contributed by atoms with van der Waals surface area (Å²) in [6.07, 6.45) is 8.48. The molecule has 6 rings (SSSR count). The predicted octanol–water partition coefficient (Wildman–Crippen LogP) is 4.37. The lowest BCUT2D eigenvalue weighted by molar-refractivity contribution is -0.117. The van der Waals surface area contributed by atoms with Crippen LogP contribution in [0.4, 0.5) is 11.6 Å². The third-order valence-corrected chi connectivity index (χ3v) is 7.15. The zero-order chi connectivity index (χ0) is 25.5. The van der Waals surface area contributed by atoms with Gasteiger partial charge >= 0.3 is 0 Å². The molecule has 188 valence electrons. The molecule has 2 fully saturated rings. The topological polar surface area (TPSA) is 113 Å². The van der Waals surface area contributed by atoms with Crippen LogP contribution in [0.5, 0.6) is 0 Å². The summed E-state index contributed by atoms with van der Waals surface area (Å²) in [6, 6.07) is 11.3. The number of nitrogens with zero attached hydrogens (tertiary/aromatic N) is 4. The monoisotopic (exact) mass is 515 g/mol. The zero-order valence-corrected chi connectivity index (χ0v) is 21.0. The van der Waals surface area contributed by atoms with Gasteiger partial charge in [0.25, 0.3) is 5.91 Å². The molecule has 1 aromatic carbocycles. The van der Waals surface area contributed by atoms with Gasteiger partial charge in [0, 0.05) is 36.4 Å². The van der Waals surface area contributed by atoms with E-state index in [9.17, 15) is 9.59 Å². The van der Waals surface area contributed by atoms with E-state index in [1.807, 2.05) is 40.9 Å². The van der Waals surface area contributed by atoms with Crippen molar-refractivity contribution in [2.75, 3.05) is 17.7 Å². The Morgan fingerprint density at radius 1 is 1.08 bits per heavy atom. The molecule has 2 aliphatic carbocycles. The first-order valence-electron chi connectivity index (χ1n) is 12.3. The summed E-state index contributed by atoms with van der Waals surface area (Å²) in [7, 11) is 1.63. The van der Waals surface area contributed by atoms with Gasteiger partial charge in [0.1, 0.15) is 23.6 Å². The second-order valence-corrected chi connectivity index (χ2v) is 10.1. The van der Waals surface area contributed by atoms with Crippen molar-refractivity contribution in [3.63, 3.8) is 0 Å². The van der Waals surface area contributed by atoms with E-state index in [2.05, 4.69) is 37.1 Å². The maximum Gasteiger partial charge on any atom is 0.254 e. The molecule has 1 unspecified atom stereocenters. The molecule has 9 nitrogen and oxygen atoms in total. The van der Waals surface area contributed by atoms with Gasteiger partial charge < -0.3 is 20.4 Å². The number of nitrogens with one attached hydrogen (secondary N) is 3. The molecule has 4 aromatic rings. The largest absolute Gasteiger partial charge is 0.364 e. The van der Waals surface area contributed by atoms with Gasteiger partial charge in [0.2, 0.25) is 5.91 Å². The van der Waals surface area contributed by atoms with Gasteiger partial charge in [-0.15, -0.1) is 0 Å². The summed E-state index contributed by atoms with van der Waals surface area (Å²) in [5.41, 5.74) is 4.20. The maximum absolute atomic E-state index is 12.8. The fourth-order valence-electron chi connectivity index (χ4n) is 4.71. The minimum atomic E-state index is -0.151. The van der Waals surface area contributed by atoms with Crippen LogP contribution in [0.25, 0.3) is 5.65 Å². The molecule has 0 radical (unpaired) electrons. The Labute approximate surface area is 218 Å². The summed E-state index contributed by atoms with van der Waals surface area (Å²) in [5.74, 6) is 1.37. The van der Waals surface area contributed by atoms with Crippen LogP contribution in [0.2, 0.25) is 5.02 Å². The van der Waals surface area contributed by atoms with Gasteiger partial charge in [0.15, 0.2) is 0 Å². The summed E-state index contributed by atoms with van der Waals surface area (Å²) >= 11 is 6.09. The minimum Gasteiger partial charge on any atom is -0.364 e. The molecule has 2 aliphatic rings. The number of imidazole rings is 1. The molecule has 0 spiro atoms. The molecule has 0 saturated heterocycles. The second-order valence-electron chi connectivity index (χ2n) is 9.64. The van der Waals surface area contributed by atoms with Gasteiger partial charge in [-0.1, -0.05) is 23.7 Å². The van der Waals surface area contributed by atoms with Crippen molar-refractivity contribution in [1.82, 2.24) is 24.7 Å². The fraction of sp³-hybridized carbons (Fsp3) is 0.296. The number of amides is 2.